The summed E-state index contributed by atoms with van der Waals surface area (Å²) in [5.41, 5.74) is 9.62. The van der Waals surface area contributed by atoms with E-state index < -0.39 is 96.0 Å². The number of phenolic OH excluding ortho intramolecular Hbond substituents is 1. The molecule has 3 heterocycles. The molecule has 0 radical (unpaired) electrons. The van der Waals surface area contributed by atoms with Gasteiger partial charge in [-0.2, -0.15) is 0 Å². The number of primary amides is 1. The van der Waals surface area contributed by atoms with Gasteiger partial charge in [-0.3, -0.25) is 48.4 Å². The number of benzene rings is 2. The van der Waals surface area contributed by atoms with E-state index >= 15 is 0 Å². The monoisotopic (exact) mass is 984 g/mol. The molecule has 1 aliphatic heterocycles. The van der Waals surface area contributed by atoms with Crippen molar-refractivity contribution < 1.29 is 53.5 Å². The standard InChI is InChI=1S/C48H64N12O11/c1-27(2)20-37(47(69)59-71)57-46(68)39(22-31-24-50-26-52-31)55-42(64)25-60-19-7-6-10-36(48(60)70)56-43(65)28(3)53-45(67)38(21-30-23-51-34-9-5-4-8-33(30)34)58-44(66)35(16-17-40(49)62)54-41(63)18-13-29-11-14-32(61)15-12-29/h4-5,8-9,11-12,14-15,23-24,26-28,35-39,51,61,71H,6-7,10,13,16-22,25H2,1-3H3,(H2,49,62)(H,50,52)(H,53,67)(H,54,63)(H,55,64)(H,56,65)(H,57,68)(H,58,66)(H,59,69)/t28?,35?,36?,37-,38?,39?/m1/s1. The van der Waals surface area contributed by atoms with Crippen molar-refractivity contribution in [2.75, 3.05) is 13.1 Å². The number of likely N-dealkylation sites (tertiary alicyclic amines) is 1. The number of carbonyl (C=O) groups is 9. The van der Waals surface area contributed by atoms with E-state index in [2.05, 4.69) is 46.9 Å². The molecule has 0 saturated carbocycles. The summed E-state index contributed by atoms with van der Waals surface area (Å²) in [5.74, 6) is -6.34. The highest BCUT2D eigenvalue weighted by molar-refractivity contribution is 5.97. The topological polar surface area (TPSA) is 352 Å². The molecular weight excluding hydrogens is 921 g/mol. The lowest BCUT2D eigenvalue weighted by Gasteiger charge is -2.27. The van der Waals surface area contributed by atoms with Gasteiger partial charge in [-0.15, -0.1) is 0 Å². The number of imidazole rings is 1. The molecule has 1 fully saturated rings. The molecule has 0 spiro atoms. The number of aryl methyl sites for hydroxylation is 1. The van der Waals surface area contributed by atoms with E-state index in [0.29, 0.717) is 24.1 Å². The highest BCUT2D eigenvalue weighted by atomic mass is 16.5. The average molecular weight is 985 g/mol. The first-order valence-electron chi connectivity index (χ1n) is 23.5. The summed E-state index contributed by atoms with van der Waals surface area (Å²) < 4.78 is 0. The molecule has 382 valence electrons. The Hall–Kier alpha value is -7.82. The predicted octanol–water partition coefficient (Wildman–Crippen LogP) is -0.227. The van der Waals surface area contributed by atoms with Crippen LogP contribution in [0.1, 0.15) is 82.5 Å². The van der Waals surface area contributed by atoms with Gasteiger partial charge in [-0.25, -0.2) is 10.5 Å². The number of phenols is 1. The van der Waals surface area contributed by atoms with Crippen molar-refractivity contribution in [3.8, 4) is 5.75 Å². The minimum absolute atomic E-state index is 0.0363. The van der Waals surface area contributed by atoms with Crippen molar-refractivity contribution in [1.82, 2.24) is 57.2 Å². The zero-order valence-electron chi connectivity index (χ0n) is 39.9. The van der Waals surface area contributed by atoms with Crippen molar-refractivity contribution in [2.24, 2.45) is 11.7 Å². The number of H-pyrrole nitrogens is 2. The summed E-state index contributed by atoms with van der Waals surface area (Å²) in [4.78, 5) is 131. The number of hydrogen-bond acceptors (Lipinski definition) is 12. The number of aromatic amines is 2. The molecule has 9 amide bonds. The Kier molecular flexibility index (Phi) is 20.0. The molecule has 4 aromatic rings. The third kappa shape index (κ3) is 16.7. The number of nitrogens with one attached hydrogen (secondary N) is 9. The van der Waals surface area contributed by atoms with E-state index in [-0.39, 0.29) is 69.6 Å². The number of carbonyl (C=O) groups excluding carboxylic acids is 9. The van der Waals surface area contributed by atoms with Crippen LogP contribution in [0.5, 0.6) is 5.75 Å². The van der Waals surface area contributed by atoms with Crippen LogP contribution < -0.4 is 43.1 Å². The van der Waals surface area contributed by atoms with Crippen LogP contribution in [0.15, 0.2) is 67.3 Å². The number of hydrogen-bond donors (Lipinski definition) is 12. The number of amides is 9. The number of hydroxylamine groups is 1. The van der Waals surface area contributed by atoms with E-state index in [1.807, 2.05) is 32.0 Å². The Labute approximate surface area is 409 Å². The number of aromatic hydroxyl groups is 1. The normalized spacial score (nSPS) is 15.8. The first-order chi connectivity index (χ1) is 33.9. The van der Waals surface area contributed by atoms with Gasteiger partial charge in [-0.1, -0.05) is 44.2 Å². The van der Waals surface area contributed by atoms with Gasteiger partial charge in [0.15, 0.2) is 0 Å². The highest BCUT2D eigenvalue weighted by Crippen LogP contribution is 2.20. The minimum Gasteiger partial charge on any atom is -0.508 e. The molecule has 71 heavy (non-hydrogen) atoms. The zero-order chi connectivity index (χ0) is 51.6. The summed E-state index contributed by atoms with van der Waals surface area (Å²) in [7, 11) is 0. The lowest BCUT2D eigenvalue weighted by molar-refractivity contribution is -0.140. The minimum atomic E-state index is -1.32. The van der Waals surface area contributed by atoms with Crippen LogP contribution in [0.4, 0.5) is 0 Å². The third-order valence-electron chi connectivity index (χ3n) is 11.9. The molecule has 0 bridgehead atoms. The molecule has 0 aliphatic carbocycles. The molecule has 23 heteroatoms. The lowest BCUT2D eigenvalue weighted by Crippen LogP contribution is -2.58. The molecular formula is C48H64N12O11. The van der Waals surface area contributed by atoms with Crippen molar-refractivity contribution in [3.63, 3.8) is 0 Å². The van der Waals surface area contributed by atoms with E-state index in [0.717, 1.165) is 16.5 Å². The highest BCUT2D eigenvalue weighted by Gasteiger charge is 2.34. The van der Waals surface area contributed by atoms with Gasteiger partial charge in [0.25, 0.3) is 5.91 Å². The fourth-order valence-corrected chi connectivity index (χ4v) is 8.11. The second-order valence-electron chi connectivity index (χ2n) is 18.0. The van der Waals surface area contributed by atoms with Crippen LogP contribution in [0.25, 0.3) is 10.9 Å². The molecule has 6 atom stereocenters. The molecule has 5 rings (SSSR count). The summed E-state index contributed by atoms with van der Waals surface area (Å²) in [5, 5.41) is 35.5. The molecule has 2 aromatic heterocycles. The van der Waals surface area contributed by atoms with Crippen LogP contribution in [0.2, 0.25) is 0 Å². The Bertz CT molecular complexity index is 2490. The van der Waals surface area contributed by atoms with Gasteiger partial charge in [-0.05, 0) is 80.7 Å². The smallest absolute Gasteiger partial charge is 0.265 e. The van der Waals surface area contributed by atoms with Gasteiger partial charge in [0.05, 0.1) is 12.9 Å². The summed E-state index contributed by atoms with van der Waals surface area (Å²) in [6.45, 7) is 4.73. The molecule has 23 nitrogen and oxygen atoms in total. The maximum absolute atomic E-state index is 14.1. The Balaban J connectivity index is 1.25. The summed E-state index contributed by atoms with van der Waals surface area (Å²) in [6, 6.07) is 6.29. The van der Waals surface area contributed by atoms with Crippen LogP contribution in [0.3, 0.4) is 0 Å². The number of nitrogens with zero attached hydrogens (tertiary/aromatic N) is 2. The molecule has 2 aromatic carbocycles. The average Bonchev–Trinajstić information content (AvgIpc) is 3.97. The summed E-state index contributed by atoms with van der Waals surface area (Å²) in [6.07, 6.45) is 5.62. The van der Waals surface area contributed by atoms with Crippen LogP contribution in [-0.2, 0) is 62.4 Å². The predicted molar refractivity (Wildman–Crippen MR) is 256 cm³/mol. The van der Waals surface area contributed by atoms with Crippen molar-refractivity contribution in [2.45, 2.75) is 121 Å². The second-order valence-corrected chi connectivity index (χ2v) is 18.0. The van der Waals surface area contributed by atoms with E-state index in [4.69, 9.17) is 5.73 Å². The molecule has 13 N–H and O–H groups in total. The van der Waals surface area contributed by atoms with Crippen molar-refractivity contribution in [3.05, 3.63) is 84.1 Å². The number of aromatic nitrogens is 3. The van der Waals surface area contributed by atoms with Crippen LogP contribution in [0, 0.1) is 5.92 Å². The largest absolute Gasteiger partial charge is 0.508 e. The number of fused-ring (bicyclic) bond motifs is 1. The second kappa shape index (κ2) is 26.2. The maximum atomic E-state index is 14.1. The maximum Gasteiger partial charge on any atom is 0.265 e. The third-order valence-corrected chi connectivity index (χ3v) is 11.9. The lowest BCUT2D eigenvalue weighted by atomic mass is 10.0. The van der Waals surface area contributed by atoms with E-state index in [1.165, 1.54) is 36.5 Å². The Morgan fingerprint density at radius 2 is 1.45 bits per heavy atom. The number of nitrogens with two attached hydrogens (primary N) is 1. The van der Waals surface area contributed by atoms with Crippen LogP contribution >= 0.6 is 0 Å². The number of rotatable bonds is 25. The quantitative estimate of drug-likeness (QED) is 0.0303. The molecule has 1 saturated heterocycles. The Morgan fingerprint density at radius 3 is 2.14 bits per heavy atom. The van der Waals surface area contributed by atoms with Gasteiger partial charge >= 0.3 is 0 Å². The number of para-hydroxylation sites is 1. The first kappa shape index (κ1) is 54.1. The zero-order valence-corrected chi connectivity index (χ0v) is 39.9. The SMILES string of the molecule is CC(C)C[C@@H](NC(=O)C(Cc1cnc[nH]1)NC(=O)CN1CCCCC(NC(=O)C(C)NC(=O)C(Cc2c[nH]c3ccccc23)NC(=O)C(CCC(N)=O)NC(=O)CCc2ccc(O)cc2)C1=O)C(=O)NO. The van der Waals surface area contributed by atoms with Gasteiger partial charge in [0.2, 0.25) is 47.3 Å². The van der Waals surface area contributed by atoms with Gasteiger partial charge < -0.3 is 57.6 Å². The van der Waals surface area contributed by atoms with E-state index in [9.17, 15) is 53.5 Å². The fraction of sp³-hybridized carbons (Fsp3) is 0.458. The van der Waals surface area contributed by atoms with Crippen molar-refractivity contribution in [1.29, 1.82) is 0 Å². The fourth-order valence-electron chi connectivity index (χ4n) is 8.11. The molecule has 5 unspecified atom stereocenters. The summed E-state index contributed by atoms with van der Waals surface area (Å²) >= 11 is 0. The van der Waals surface area contributed by atoms with Gasteiger partial charge in [0, 0.05) is 61.2 Å². The molecule has 1 aliphatic rings. The van der Waals surface area contributed by atoms with E-state index in [1.54, 1.807) is 29.9 Å². The first-order valence-corrected chi connectivity index (χ1v) is 23.5. The van der Waals surface area contributed by atoms with Crippen molar-refractivity contribution >= 4 is 64.1 Å². The Morgan fingerprint density at radius 1 is 0.775 bits per heavy atom. The van der Waals surface area contributed by atoms with Crippen LogP contribution in [-0.4, -0.2) is 133 Å². The van der Waals surface area contributed by atoms with Gasteiger partial charge in [0.1, 0.15) is 42.0 Å².